The van der Waals surface area contributed by atoms with Crippen molar-refractivity contribution in [3.05, 3.63) is 77.4 Å². The van der Waals surface area contributed by atoms with Crippen molar-refractivity contribution >= 4 is 5.78 Å². The van der Waals surface area contributed by atoms with Crippen LogP contribution < -0.4 is 5.73 Å². The molecule has 2 N–H and O–H groups in total. The van der Waals surface area contributed by atoms with E-state index in [9.17, 15) is 13.6 Å². The monoisotopic (exact) mass is 452 g/mol. The molecule has 6 nitrogen and oxygen atoms in total. The molecule has 3 aromatic rings. The van der Waals surface area contributed by atoms with Crippen LogP contribution in [0.5, 0.6) is 0 Å². The molecule has 0 bridgehead atoms. The summed E-state index contributed by atoms with van der Waals surface area (Å²) in [5, 5.41) is 0. The summed E-state index contributed by atoms with van der Waals surface area (Å²) < 4.78 is 34.6. The number of pyridine rings is 1. The second-order valence-corrected chi connectivity index (χ2v) is 8.68. The first-order chi connectivity index (χ1) is 15.8. The van der Waals surface area contributed by atoms with E-state index in [0.29, 0.717) is 17.9 Å². The van der Waals surface area contributed by atoms with Gasteiger partial charge in [-0.25, -0.2) is 18.7 Å². The number of Topliss-reactive ketones (excluding diaryl/α,β-unsaturated/α-hetero) is 1. The van der Waals surface area contributed by atoms with Gasteiger partial charge in [-0.1, -0.05) is 19.9 Å². The fraction of sp³-hybridized carbons (Fsp3) is 0.360. The summed E-state index contributed by atoms with van der Waals surface area (Å²) in [5.41, 5.74) is 7.57. The molecular formula is C25H26F2N4O2. The molecular weight excluding hydrogens is 426 g/mol. The molecule has 0 aliphatic carbocycles. The molecule has 1 saturated heterocycles. The number of hydrogen-bond acceptors (Lipinski definition) is 6. The highest BCUT2D eigenvalue weighted by molar-refractivity contribution is 5.96. The number of hydrogen-bond donors (Lipinski definition) is 1. The Balaban J connectivity index is 1.59. The zero-order chi connectivity index (χ0) is 23.5. The fourth-order valence-corrected chi connectivity index (χ4v) is 4.13. The Labute approximate surface area is 191 Å². The van der Waals surface area contributed by atoms with Gasteiger partial charge in [0.05, 0.1) is 17.8 Å². The van der Waals surface area contributed by atoms with Gasteiger partial charge in [0, 0.05) is 31.1 Å². The van der Waals surface area contributed by atoms with Gasteiger partial charge in [-0.05, 0) is 54.2 Å². The molecule has 8 heteroatoms. The van der Waals surface area contributed by atoms with Crippen LogP contribution in [0.25, 0.3) is 11.4 Å². The van der Waals surface area contributed by atoms with Gasteiger partial charge in [-0.3, -0.25) is 9.78 Å². The highest BCUT2D eigenvalue weighted by atomic mass is 19.1. The minimum atomic E-state index is -0.792. The Morgan fingerprint density at radius 2 is 1.91 bits per heavy atom. The molecule has 0 saturated carbocycles. The minimum absolute atomic E-state index is 0.00737. The Hall–Kier alpha value is -3.10. The van der Waals surface area contributed by atoms with Crippen molar-refractivity contribution in [1.82, 2.24) is 15.0 Å². The number of carbonyl (C=O) groups is 1. The second-order valence-electron chi connectivity index (χ2n) is 8.68. The molecule has 3 heterocycles. The summed E-state index contributed by atoms with van der Waals surface area (Å²) in [7, 11) is 0. The maximum atomic E-state index is 14.2. The molecule has 1 aliphatic rings. The largest absolute Gasteiger partial charge is 0.370 e. The summed E-state index contributed by atoms with van der Waals surface area (Å²) >= 11 is 0. The number of rotatable bonds is 6. The van der Waals surface area contributed by atoms with Crippen LogP contribution in [0.1, 0.15) is 54.4 Å². The quantitative estimate of drug-likeness (QED) is 0.556. The van der Waals surface area contributed by atoms with Gasteiger partial charge in [-0.15, -0.1) is 0 Å². The molecule has 172 valence electrons. The zero-order valence-corrected chi connectivity index (χ0v) is 18.5. The second kappa shape index (κ2) is 9.80. The summed E-state index contributed by atoms with van der Waals surface area (Å²) in [4.78, 5) is 25.3. The molecule has 33 heavy (non-hydrogen) atoms. The Bertz CT molecular complexity index is 1130. The molecule has 0 unspecified atom stereocenters. The number of carbonyl (C=O) groups excluding carboxylic acids is 1. The number of ketones is 1. The van der Waals surface area contributed by atoms with Crippen molar-refractivity contribution in [2.24, 2.45) is 11.7 Å². The standard InChI is InChI=1S/C25H26F2N4O2/c1-14(2)22-11-16(28)12-23(33-22)17-6-8-29-13-15(17)10-21(32)20-7-9-30-25(31-20)24-18(26)4-3-5-19(24)27/h3-9,13-14,16,22-23H,10-12,28H2,1-2H3/t16-,22-,23+/m0/s1. The average molecular weight is 453 g/mol. The third-order valence-corrected chi connectivity index (χ3v) is 5.90. The lowest BCUT2D eigenvalue weighted by atomic mass is 9.88. The minimum Gasteiger partial charge on any atom is -0.370 e. The van der Waals surface area contributed by atoms with Crippen molar-refractivity contribution < 1.29 is 18.3 Å². The molecule has 0 amide bonds. The SMILES string of the molecule is CC(C)[C@@H]1C[C@H](N)C[C@H](c2ccncc2CC(=O)c2ccnc(-c3c(F)cccc3F)n2)O1. The molecule has 2 aromatic heterocycles. The van der Waals surface area contributed by atoms with Crippen LogP contribution in [-0.2, 0) is 11.2 Å². The van der Waals surface area contributed by atoms with Crippen molar-refractivity contribution in [1.29, 1.82) is 0 Å². The van der Waals surface area contributed by atoms with Crippen LogP contribution in [0.15, 0.2) is 48.9 Å². The van der Waals surface area contributed by atoms with E-state index >= 15 is 0 Å². The van der Waals surface area contributed by atoms with Gasteiger partial charge in [0.25, 0.3) is 0 Å². The zero-order valence-electron chi connectivity index (χ0n) is 18.5. The van der Waals surface area contributed by atoms with E-state index in [-0.39, 0.29) is 47.5 Å². The van der Waals surface area contributed by atoms with E-state index in [4.69, 9.17) is 10.5 Å². The van der Waals surface area contributed by atoms with Crippen LogP contribution in [0.2, 0.25) is 0 Å². The number of halogens is 2. The highest BCUT2D eigenvalue weighted by Gasteiger charge is 2.31. The first-order valence-corrected chi connectivity index (χ1v) is 11.0. The lowest BCUT2D eigenvalue weighted by Gasteiger charge is -2.36. The van der Waals surface area contributed by atoms with E-state index in [2.05, 4.69) is 28.8 Å². The molecule has 1 aromatic carbocycles. The maximum Gasteiger partial charge on any atom is 0.185 e. The predicted molar refractivity (Wildman–Crippen MR) is 119 cm³/mol. The molecule has 0 radical (unpaired) electrons. The van der Waals surface area contributed by atoms with Crippen LogP contribution in [-0.4, -0.2) is 32.9 Å². The van der Waals surface area contributed by atoms with Crippen LogP contribution in [0.4, 0.5) is 8.78 Å². The normalized spacial score (nSPS) is 20.7. The lowest BCUT2D eigenvalue weighted by molar-refractivity contribution is -0.0793. The van der Waals surface area contributed by atoms with Gasteiger partial charge in [0.2, 0.25) is 0 Å². The first kappa shape index (κ1) is 23.1. The Morgan fingerprint density at radius 3 is 2.64 bits per heavy atom. The van der Waals surface area contributed by atoms with E-state index in [1.807, 2.05) is 6.07 Å². The number of ether oxygens (including phenoxy) is 1. The fourth-order valence-electron chi connectivity index (χ4n) is 4.13. The van der Waals surface area contributed by atoms with Gasteiger partial charge in [-0.2, -0.15) is 0 Å². The lowest BCUT2D eigenvalue weighted by Crippen LogP contribution is -2.39. The topological polar surface area (TPSA) is 91.0 Å². The summed E-state index contributed by atoms with van der Waals surface area (Å²) in [6.07, 6.45) is 5.89. The maximum absolute atomic E-state index is 14.2. The molecule has 1 aliphatic heterocycles. The molecule has 0 spiro atoms. The summed E-state index contributed by atoms with van der Waals surface area (Å²) in [6, 6.07) is 6.80. The van der Waals surface area contributed by atoms with Crippen molar-refractivity contribution in [2.75, 3.05) is 0 Å². The Kier molecular flexibility index (Phi) is 6.85. The van der Waals surface area contributed by atoms with Gasteiger partial charge in [0.1, 0.15) is 17.3 Å². The predicted octanol–water partition coefficient (Wildman–Crippen LogP) is 4.45. The van der Waals surface area contributed by atoms with Crippen LogP contribution in [0, 0.1) is 17.6 Å². The number of nitrogens with zero attached hydrogens (tertiary/aromatic N) is 3. The first-order valence-electron chi connectivity index (χ1n) is 11.0. The van der Waals surface area contributed by atoms with Crippen molar-refractivity contribution in [3.8, 4) is 11.4 Å². The summed E-state index contributed by atoms with van der Waals surface area (Å²) in [5.74, 6) is -1.75. The van der Waals surface area contributed by atoms with Crippen molar-refractivity contribution in [2.45, 2.75) is 51.4 Å². The van der Waals surface area contributed by atoms with Crippen molar-refractivity contribution in [3.63, 3.8) is 0 Å². The van der Waals surface area contributed by atoms with Gasteiger partial charge < -0.3 is 10.5 Å². The molecule has 4 rings (SSSR count). The third-order valence-electron chi connectivity index (χ3n) is 5.90. The molecule has 1 fully saturated rings. The third kappa shape index (κ3) is 5.12. The highest BCUT2D eigenvalue weighted by Crippen LogP contribution is 2.35. The number of aromatic nitrogens is 3. The average Bonchev–Trinajstić information content (AvgIpc) is 2.79. The smallest absolute Gasteiger partial charge is 0.185 e. The summed E-state index contributed by atoms with van der Waals surface area (Å²) in [6.45, 7) is 4.20. The van der Waals surface area contributed by atoms with Crippen LogP contribution in [0.3, 0.4) is 0 Å². The van der Waals surface area contributed by atoms with E-state index < -0.39 is 11.6 Å². The molecule has 3 atom stereocenters. The number of benzene rings is 1. The Morgan fingerprint density at radius 1 is 1.15 bits per heavy atom. The number of nitrogens with two attached hydrogens (primary N) is 1. The van der Waals surface area contributed by atoms with E-state index in [1.165, 1.54) is 18.3 Å². The van der Waals surface area contributed by atoms with Gasteiger partial charge in [0.15, 0.2) is 11.6 Å². The van der Waals surface area contributed by atoms with Gasteiger partial charge >= 0.3 is 0 Å². The van der Waals surface area contributed by atoms with E-state index in [0.717, 1.165) is 24.1 Å². The van der Waals surface area contributed by atoms with E-state index in [1.54, 1.807) is 12.4 Å². The van der Waals surface area contributed by atoms with Crippen LogP contribution >= 0.6 is 0 Å².